The molecule has 0 atom stereocenters. The number of benzene rings is 2. The van der Waals surface area contributed by atoms with E-state index in [0.717, 1.165) is 11.1 Å². The van der Waals surface area contributed by atoms with E-state index in [2.05, 4.69) is 5.32 Å². The molecule has 0 radical (unpaired) electrons. The second kappa shape index (κ2) is 12.8. The lowest BCUT2D eigenvalue weighted by Gasteiger charge is -2.25. The van der Waals surface area contributed by atoms with Gasteiger partial charge in [0.25, 0.3) is 0 Å². The van der Waals surface area contributed by atoms with E-state index in [1.165, 1.54) is 7.11 Å². The monoisotopic (exact) mass is 586 g/mol. The average molecular weight is 588 g/mol. The lowest BCUT2D eigenvalue weighted by Crippen LogP contribution is -2.30. The molecule has 0 fully saturated rings. The lowest BCUT2D eigenvalue weighted by molar-refractivity contribution is -0.119. The molecule has 2 aromatic rings. The highest BCUT2D eigenvalue weighted by molar-refractivity contribution is 8.93. The third-order valence-corrected chi connectivity index (χ3v) is 6.16. The first kappa shape index (κ1) is 30.6. The highest BCUT2D eigenvalue weighted by Gasteiger charge is 2.30. The molecule has 0 aliphatic carbocycles. The normalized spacial score (nSPS) is 12.2. The van der Waals surface area contributed by atoms with Crippen LogP contribution in [0, 0.1) is 16.7 Å². The van der Waals surface area contributed by atoms with E-state index in [9.17, 15) is 9.59 Å². The maximum Gasteiger partial charge on any atom is 0.224 e. The fourth-order valence-corrected chi connectivity index (χ4v) is 4.31. The van der Waals surface area contributed by atoms with Gasteiger partial charge in [-0.25, -0.2) is 0 Å². The third-order valence-electron chi connectivity index (χ3n) is 6.16. The van der Waals surface area contributed by atoms with E-state index in [4.69, 9.17) is 24.9 Å². The Hall–Kier alpha value is -3.58. The van der Waals surface area contributed by atoms with Crippen LogP contribution >= 0.6 is 17.0 Å². The predicted molar refractivity (Wildman–Crippen MR) is 150 cm³/mol. The minimum absolute atomic E-state index is 0. The summed E-state index contributed by atoms with van der Waals surface area (Å²) in [6.45, 7) is 8.52. The third kappa shape index (κ3) is 6.64. The summed E-state index contributed by atoms with van der Waals surface area (Å²) in [6, 6.07) is 9.00. The molecule has 0 aromatic heterocycles. The predicted octanol–water partition coefficient (Wildman–Crippen LogP) is 4.18. The molecule has 10 heteroatoms. The minimum atomic E-state index is -0.347. The van der Waals surface area contributed by atoms with Gasteiger partial charge in [-0.3, -0.25) is 15.0 Å². The highest BCUT2D eigenvalue weighted by atomic mass is 79.9. The van der Waals surface area contributed by atoms with Gasteiger partial charge in [-0.05, 0) is 42.2 Å². The number of carbonyl (C=O) groups excluding carboxylic acids is 2. The number of amidine groups is 1. The van der Waals surface area contributed by atoms with Crippen LogP contribution in [0.1, 0.15) is 60.3 Å². The Labute approximate surface area is 234 Å². The van der Waals surface area contributed by atoms with Gasteiger partial charge in [0.05, 0.1) is 26.7 Å². The molecule has 204 valence electrons. The summed E-state index contributed by atoms with van der Waals surface area (Å²) in [5.74, 6) is 1.31. The van der Waals surface area contributed by atoms with Gasteiger partial charge in [0, 0.05) is 35.8 Å². The van der Waals surface area contributed by atoms with Gasteiger partial charge >= 0.3 is 0 Å². The van der Waals surface area contributed by atoms with Crippen molar-refractivity contribution in [2.45, 2.75) is 46.1 Å². The smallest absolute Gasteiger partial charge is 0.224 e. The van der Waals surface area contributed by atoms with Gasteiger partial charge in [0.15, 0.2) is 23.9 Å². The van der Waals surface area contributed by atoms with Crippen molar-refractivity contribution in [1.29, 1.82) is 10.7 Å². The van der Waals surface area contributed by atoms with Crippen LogP contribution in [0.5, 0.6) is 17.2 Å². The van der Waals surface area contributed by atoms with Crippen LogP contribution in [0.3, 0.4) is 0 Å². The molecule has 2 N–H and O–H groups in total. The second-order valence-electron chi connectivity index (χ2n) is 9.78. The molecular formula is C28H35BrN4O5. The fourth-order valence-electron chi connectivity index (χ4n) is 4.31. The molecule has 0 bridgehead atoms. The molecule has 0 unspecified atom stereocenters. The number of rotatable bonds is 10. The Morgan fingerprint density at radius 1 is 1.16 bits per heavy atom. The number of nitrogens with one attached hydrogen (secondary N) is 2. The summed E-state index contributed by atoms with van der Waals surface area (Å²) in [5.41, 5.74) is 3.09. The summed E-state index contributed by atoms with van der Waals surface area (Å²) >= 11 is 0. The summed E-state index contributed by atoms with van der Waals surface area (Å²) in [4.78, 5) is 27.2. The standard InChI is InChI=1S/C28H34N4O5.BrH/c1-7-36-23-13-19-15-32(27(30)20(19)10-18(23)14-25(34)31-5)16-22(33)17-11-21(28(2,3)4)26(35-6)24(12-17)37-9-8-29;/h10-13,30H,7,9,14-16H2,1-6H3,(H,31,34);1H. The summed E-state index contributed by atoms with van der Waals surface area (Å²) in [7, 11) is 3.11. The number of halogens is 1. The maximum absolute atomic E-state index is 13.4. The van der Waals surface area contributed by atoms with E-state index in [1.807, 2.05) is 39.8 Å². The number of nitrogens with zero attached hydrogens (tertiary/aromatic N) is 2. The van der Waals surface area contributed by atoms with Crippen LogP contribution in [-0.2, 0) is 23.2 Å². The van der Waals surface area contributed by atoms with Gasteiger partial charge in [-0.15, -0.1) is 17.0 Å². The van der Waals surface area contributed by atoms with Crippen LogP contribution in [0.4, 0.5) is 0 Å². The zero-order valence-electron chi connectivity index (χ0n) is 22.7. The van der Waals surface area contributed by atoms with E-state index < -0.39 is 0 Å². The number of nitriles is 1. The van der Waals surface area contributed by atoms with Gasteiger partial charge in [-0.1, -0.05) is 20.8 Å². The van der Waals surface area contributed by atoms with E-state index in [1.54, 1.807) is 30.1 Å². The van der Waals surface area contributed by atoms with Crippen molar-refractivity contribution in [3.8, 4) is 23.3 Å². The largest absolute Gasteiger partial charge is 0.494 e. The molecule has 9 nitrogen and oxygen atoms in total. The number of hydrogen-bond donors (Lipinski definition) is 2. The van der Waals surface area contributed by atoms with Crippen molar-refractivity contribution in [2.24, 2.45) is 0 Å². The zero-order valence-corrected chi connectivity index (χ0v) is 24.4. The van der Waals surface area contributed by atoms with E-state index in [-0.39, 0.29) is 59.5 Å². The first-order chi connectivity index (χ1) is 17.5. The molecule has 1 aliphatic rings. The molecule has 1 aliphatic heterocycles. The van der Waals surface area contributed by atoms with Crippen molar-refractivity contribution in [3.05, 3.63) is 52.1 Å². The van der Waals surface area contributed by atoms with Crippen LogP contribution in [0.25, 0.3) is 0 Å². The molecule has 38 heavy (non-hydrogen) atoms. The van der Waals surface area contributed by atoms with Gasteiger partial charge in [-0.2, -0.15) is 5.26 Å². The Kier molecular flexibility index (Phi) is 10.3. The molecular weight excluding hydrogens is 552 g/mol. The topological polar surface area (TPSA) is 125 Å². The van der Waals surface area contributed by atoms with Gasteiger partial charge < -0.3 is 24.4 Å². The van der Waals surface area contributed by atoms with E-state index >= 15 is 0 Å². The lowest BCUT2D eigenvalue weighted by atomic mass is 9.84. The Balaban J connectivity index is 0.00000507. The van der Waals surface area contributed by atoms with Crippen molar-refractivity contribution in [3.63, 3.8) is 0 Å². The van der Waals surface area contributed by atoms with Crippen molar-refractivity contribution < 1.29 is 23.8 Å². The summed E-state index contributed by atoms with van der Waals surface area (Å²) < 4.78 is 16.9. The Bertz CT molecular complexity index is 1260. The Morgan fingerprint density at radius 3 is 2.45 bits per heavy atom. The van der Waals surface area contributed by atoms with Crippen molar-refractivity contribution >= 4 is 34.5 Å². The molecule has 1 amide bonds. The van der Waals surface area contributed by atoms with E-state index in [0.29, 0.717) is 47.1 Å². The zero-order chi connectivity index (χ0) is 27.3. The van der Waals surface area contributed by atoms with Gasteiger partial charge in [0.2, 0.25) is 5.91 Å². The second-order valence-corrected chi connectivity index (χ2v) is 9.78. The van der Waals surface area contributed by atoms with Crippen molar-refractivity contribution in [2.75, 3.05) is 33.9 Å². The molecule has 1 heterocycles. The number of likely N-dealkylation sites (N-methyl/N-ethyl adjacent to an activating group) is 1. The number of amides is 1. The average Bonchev–Trinajstić information content (AvgIpc) is 3.15. The van der Waals surface area contributed by atoms with Crippen LogP contribution in [0.2, 0.25) is 0 Å². The number of ether oxygens (including phenoxy) is 3. The number of hydrogen-bond acceptors (Lipinski definition) is 7. The number of carbonyl (C=O) groups is 2. The number of methoxy groups -OCH3 is 1. The maximum atomic E-state index is 13.4. The molecule has 0 spiro atoms. The molecule has 0 saturated carbocycles. The summed E-state index contributed by atoms with van der Waals surface area (Å²) in [6.07, 6.45) is 0.137. The highest BCUT2D eigenvalue weighted by Crippen LogP contribution is 2.40. The molecule has 2 aromatic carbocycles. The van der Waals surface area contributed by atoms with Crippen LogP contribution in [0.15, 0.2) is 24.3 Å². The quantitative estimate of drug-likeness (QED) is 0.400. The van der Waals surface area contributed by atoms with Crippen LogP contribution < -0.4 is 19.5 Å². The molecule has 3 rings (SSSR count). The fraction of sp³-hybridized carbons (Fsp3) is 0.429. The van der Waals surface area contributed by atoms with Gasteiger partial charge in [0.1, 0.15) is 17.7 Å². The first-order valence-electron chi connectivity index (χ1n) is 12.1. The molecule has 0 saturated heterocycles. The number of fused-ring (bicyclic) bond motifs is 1. The van der Waals surface area contributed by atoms with Crippen LogP contribution in [-0.4, -0.2) is 56.3 Å². The first-order valence-corrected chi connectivity index (χ1v) is 12.1. The number of Topliss-reactive ketones (excluding diaryl/α,β-unsaturated/α-hetero) is 1. The van der Waals surface area contributed by atoms with Crippen molar-refractivity contribution in [1.82, 2.24) is 10.2 Å². The Morgan fingerprint density at radius 2 is 1.87 bits per heavy atom. The minimum Gasteiger partial charge on any atom is -0.494 e. The number of ketones is 1. The summed E-state index contributed by atoms with van der Waals surface area (Å²) in [5, 5.41) is 20.3. The SMILES string of the molecule is Br.CCOc1cc2c(cc1CC(=O)NC)C(=N)N(CC(=O)c1cc(OCC#N)c(OC)c(C(C)(C)C)c1)C2.